The number of nitrogens with two attached hydrogens (primary N) is 1. The molecule has 0 spiro atoms. The SMILES string of the molecule is [B]C1([B])OC2CCCC2NC(=O)c2cnn3c(NC)cc(nc23)Nc2cc1cc(N=NC)c2N. The zero-order chi connectivity index (χ0) is 24.0. The van der Waals surface area contributed by atoms with Gasteiger partial charge in [0.15, 0.2) is 5.65 Å². The van der Waals surface area contributed by atoms with Gasteiger partial charge in [-0.15, -0.1) is 0 Å². The molecule has 0 saturated heterocycles. The minimum absolute atomic E-state index is 0.273. The van der Waals surface area contributed by atoms with Crippen LogP contribution in [0.3, 0.4) is 0 Å². The van der Waals surface area contributed by atoms with Crippen molar-refractivity contribution in [3.63, 3.8) is 0 Å². The van der Waals surface area contributed by atoms with Gasteiger partial charge in [-0.3, -0.25) is 4.79 Å². The van der Waals surface area contributed by atoms with Crippen molar-refractivity contribution in [1.82, 2.24) is 19.9 Å². The fourth-order valence-electron chi connectivity index (χ4n) is 4.46. The number of nitrogen functional groups attached to an aromatic ring is 1. The zero-order valence-electron chi connectivity index (χ0n) is 18.9. The van der Waals surface area contributed by atoms with Gasteiger partial charge in [0.25, 0.3) is 5.91 Å². The topological polar surface area (TPSA) is 143 Å². The highest BCUT2D eigenvalue weighted by Crippen LogP contribution is 2.39. The lowest BCUT2D eigenvalue weighted by Crippen LogP contribution is -2.45. The van der Waals surface area contributed by atoms with Gasteiger partial charge in [0.05, 0.1) is 29.7 Å². The van der Waals surface area contributed by atoms with Crippen molar-refractivity contribution >= 4 is 55.9 Å². The molecule has 4 bridgehead atoms. The summed E-state index contributed by atoms with van der Waals surface area (Å²) in [5.41, 5.74) is 8.72. The summed E-state index contributed by atoms with van der Waals surface area (Å²) >= 11 is 0. The number of carbonyl (C=O) groups is 1. The molecule has 1 fully saturated rings. The Morgan fingerprint density at radius 1 is 1.32 bits per heavy atom. The van der Waals surface area contributed by atoms with Crippen LogP contribution in [-0.4, -0.2) is 62.4 Å². The van der Waals surface area contributed by atoms with Crippen LogP contribution in [-0.2, 0) is 10.1 Å². The Balaban J connectivity index is 1.74. The number of nitrogens with zero attached hydrogens (tertiary/aromatic N) is 5. The first-order valence-corrected chi connectivity index (χ1v) is 10.9. The highest BCUT2D eigenvalue weighted by Gasteiger charge is 2.36. The predicted molar refractivity (Wildman–Crippen MR) is 130 cm³/mol. The summed E-state index contributed by atoms with van der Waals surface area (Å²) in [5, 5.41) is 20.0. The van der Waals surface area contributed by atoms with E-state index in [0.29, 0.717) is 51.9 Å². The number of anilines is 4. The van der Waals surface area contributed by atoms with E-state index in [1.54, 1.807) is 36.8 Å². The maximum atomic E-state index is 13.2. The van der Waals surface area contributed by atoms with Crippen molar-refractivity contribution < 1.29 is 9.53 Å². The molecule has 2 aliphatic rings. The average Bonchev–Trinajstić information content (AvgIpc) is 3.41. The molecular weight excluding hydrogens is 432 g/mol. The molecule has 13 heteroatoms. The number of carbonyl (C=O) groups excluding carboxylic acids is 1. The van der Waals surface area contributed by atoms with E-state index in [2.05, 4.69) is 36.3 Å². The van der Waals surface area contributed by atoms with Crippen molar-refractivity contribution in [3.05, 3.63) is 35.5 Å². The quantitative estimate of drug-likeness (QED) is 0.263. The summed E-state index contributed by atoms with van der Waals surface area (Å²) in [6.45, 7) is 0. The molecule has 3 aromatic rings. The first-order valence-electron chi connectivity index (χ1n) is 10.9. The number of azo groups is 1. The third kappa shape index (κ3) is 3.75. The highest BCUT2D eigenvalue weighted by atomic mass is 16.5. The second kappa shape index (κ2) is 8.32. The van der Waals surface area contributed by atoms with E-state index in [1.165, 1.54) is 6.20 Å². The van der Waals surface area contributed by atoms with Crippen LogP contribution in [0.2, 0.25) is 0 Å². The maximum Gasteiger partial charge on any atom is 0.257 e. The second-order valence-electron chi connectivity index (χ2n) is 8.41. The van der Waals surface area contributed by atoms with Crippen LogP contribution in [0, 0.1) is 0 Å². The molecule has 2 aromatic heterocycles. The number of hydrogen-bond acceptors (Lipinski definition) is 9. The van der Waals surface area contributed by atoms with Crippen LogP contribution < -0.4 is 21.7 Å². The molecule has 4 radical (unpaired) electrons. The van der Waals surface area contributed by atoms with Crippen LogP contribution in [0.5, 0.6) is 0 Å². The first-order chi connectivity index (χ1) is 16.3. The highest BCUT2D eigenvalue weighted by molar-refractivity contribution is 6.39. The molecule has 11 nitrogen and oxygen atoms in total. The van der Waals surface area contributed by atoms with Crippen LogP contribution in [0.25, 0.3) is 5.65 Å². The smallest absolute Gasteiger partial charge is 0.257 e. The molecule has 1 aliphatic heterocycles. The lowest BCUT2D eigenvalue weighted by atomic mass is 9.60. The van der Waals surface area contributed by atoms with Gasteiger partial charge >= 0.3 is 0 Å². The van der Waals surface area contributed by atoms with Gasteiger partial charge in [-0.25, -0.2) is 4.98 Å². The van der Waals surface area contributed by atoms with E-state index in [9.17, 15) is 4.79 Å². The van der Waals surface area contributed by atoms with Crippen molar-refractivity contribution in [2.75, 3.05) is 30.5 Å². The molecule has 1 aliphatic carbocycles. The first kappa shape index (κ1) is 22.2. The molecule has 3 heterocycles. The molecule has 1 amide bonds. The number of nitrogens with one attached hydrogen (secondary N) is 3. The average molecular weight is 455 g/mol. The minimum Gasteiger partial charge on any atom is -0.395 e. The fourth-order valence-corrected chi connectivity index (χ4v) is 4.46. The lowest BCUT2D eigenvalue weighted by Gasteiger charge is -2.34. The summed E-state index contributed by atoms with van der Waals surface area (Å²) in [6.07, 6.45) is 3.39. The molecule has 2 unspecified atom stereocenters. The standard InChI is InChI=1S/C21H23B2N9O2/c1-25-17-8-16-28-13-6-10(7-14(18(13)24)31-26-2)21(22,23)34-15-5-3-4-12(15)29-20(33)11-9-27-32(17)19(11)30-16/h6-9,12,15,25H,3-5,24H2,1-2H3,(H,28,30)(H,29,33). The van der Waals surface area contributed by atoms with Crippen LogP contribution in [0.1, 0.15) is 35.2 Å². The van der Waals surface area contributed by atoms with Crippen molar-refractivity contribution in [3.8, 4) is 0 Å². The Labute approximate surface area is 198 Å². The monoisotopic (exact) mass is 455 g/mol. The van der Waals surface area contributed by atoms with Gasteiger partial charge < -0.3 is 26.4 Å². The summed E-state index contributed by atoms with van der Waals surface area (Å²) < 4.78 is 7.73. The van der Waals surface area contributed by atoms with Crippen molar-refractivity contribution in [1.29, 1.82) is 0 Å². The van der Waals surface area contributed by atoms with Crippen LogP contribution in [0.15, 0.2) is 34.6 Å². The van der Waals surface area contributed by atoms with Gasteiger partial charge in [0.2, 0.25) is 0 Å². The van der Waals surface area contributed by atoms with Gasteiger partial charge in [0, 0.05) is 25.6 Å². The van der Waals surface area contributed by atoms with Gasteiger partial charge in [-0.1, -0.05) is 0 Å². The summed E-state index contributed by atoms with van der Waals surface area (Å²) in [5.74, 6) is 0.740. The van der Waals surface area contributed by atoms with E-state index < -0.39 is 5.40 Å². The number of ether oxygens (including phenoxy) is 1. The third-order valence-electron chi connectivity index (χ3n) is 6.17. The molecule has 5 N–H and O–H groups in total. The second-order valence-corrected chi connectivity index (χ2v) is 8.41. The van der Waals surface area contributed by atoms with Crippen molar-refractivity contribution in [2.45, 2.75) is 36.8 Å². The number of rotatable bonds is 2. The zero-order valence-corrected chi connectivity index (χ0v) is 18.9. The van der Waals surface area contributed by atoms with E-state index in [-0.39, 0.29) is 18.1 Å². The van der Waals surface area contributed by atoms with E-state index in [0.717, 1.165) is 12.8 Å². The predicted octanol–water partition coefficient (Wildman–Crippen LogP) is 1.94. The van der Waals surface area contributed by atoms with Crippen LogP contribution in [0.4, 0.5) is 28.7 Å². The summed E-state index contributed by atoms with van der Waals surface area (Å²) in [6, 6.07) is 4.82. The Kier molecular flexibility index (Phi) is 5.43. The van der Waals surface area contributed by atoms with Crippen molar-refractivity contribution in [2.24, 2.45) is 10.2 Å². The van der Waals surface area contributed by atoms with Gasteiger partial charge in [-0.05, 0) is 37.0 Å². The molecule has 2 atom stereocenters. The Hall–Kier alpha value is -3.60. The van der Waals surface area contributed by atoms with E-state index in [1.807, 2.05) is 0 Å². The van der Waals surface area contributed by atoms with E-state index >= 15 is 0 Å². The maximum absolute atomic E-state index is 13.2. The lowest BCUT2D eigenvalue weighted by molar-refractivity contribution is -0.00590. The third-order valence-corrected chi connectivity index (χ3v) is 6.17. The molecular formula is C21H23B2N9O2. The van der Waals surface area contributed by atoms with Gasteiger partial charge in [-0.2, -0.15) is 19.8 Å². The van der Waals surface area contributed by atoms with E-state index in [4.69, 9.17) is 26.2 Å². The number of hydrogen-bond donors (Lipinski definition) is 4. The summed E-state index contributed by atoms with van der Waals surface area (Å²) in [7, 11) is 16.2. The minimum atomic E-state index is -1.67. The fraction of sp³-hybridized carbons (Fsp3) is 0.381. The molecule has 34 heavy (non-hydrogen) atoms. The number of benzene rings is 1. The largest absolute Gasteiger partial charge is 0.395 e. The normalized spacial score (nSPS) is 21.8. The Morgan fingerprint density at radius 2 is 2.15 bits per heavy atom. The molecule has 170 valence electrons. The number of aromatic nitrogens is 3. The molecule has 1 aromatic carbocycles. The van der Waals surface area contributed by atoms with Gasteiger partial charge in [0.1, 0.15) is 38.6 Å². The number of amides is 1. The van der Waals surface area contributed by atoms with Crippen LogP contribution >= 0.6 is 0 Å². The number of fused-ring (bicyclic) bond motifs is 4. The summed E-state index contributed by atoms with van der Waals surface area (Å²) in [4.78, 5) is 17.8. The Morgan fingerprint density at radius 3 is 2.91 bits per heavy atom. The molecule has 5 rings (SSSR count). The Bertz CT molecular complexity index is 1310. The molecule has 1 saturated carbocycles.